The van der Waals surface area contributed by atoms with Gasteiger partial charge in [-0.25, -0.2) is 0 Å². The highest BCUT2D eigenvalue weighted by atomic mass is 15.0. The smallest absolute Gasteiger partial charge is 0.0822 e. The summed E-state index contributed by atoms with van der Waals surface area (Å²) in [6.07, 6.45) is 4.35. The number of aromatic nitrogens is 1. The highest BCUT2D eigenvalue weighted by Crippen LogP contribution is 2.40. The average Bonchev–Trinajstić information content (AvgIpc) is 3.07. The van der Waals surface area contributed by atoms with E-state index in [2.05, 4.69) is 60.9 Å². The molecule has 102 valence electrons. The van der Waals surface area contributed by atoms with E-state index in [9.17, 15) is 5.26 Å². The maximum atomic E-state index is 9.56. The maximum absolute atomic E-state index is 9.56. The molecule has 1 aromatic carbocycles. The summed E-state index contributed by atoms with van der Waals surface area (Å²) in [6, 6.07) is 15.4. The van der Waals surface area contributed by atoms with E-state index in [1.165, 1.54) is 35.5 Å². The van der Waals surface area contributed by atoms with Gasteiger partial charge in [0.15, 0.2) is 0 Å². The fourth-order valence-electron chi connectivity index (χ4n) is 3.45. The van der Waals surface area contributed by atoms with Gasteiger partial charge in [-0.1, -0.05) is 25.0 Å². The Morgan fingerprint density at radius 2 is 1.50 bits per heavy atom. The lowest BCUT2D eigenvalue weighted by atomic mass is 9.80. The molecule has 2 nitrogen and oxygen atoms in total. The van der Waals surface area contributed by atoms with Gasteiger partial charge in [-0.05, 0) is 56.5 Å². The first-order valence-electron chi connectivity index (χ1n) is 7.33. The minimum atomic E-state index is -0.237. The third-order valence-electron chi connectivity index (χ3n) is 4.62. The van der Waals surface area contributed by atoms with E-state index in [1.54, 1.807) is 0 Å². The summed E-state index contributed by atoms with van der Waals surface area (Å²) in [7, 11) is 0. The van der Waals surface area contributed by atoms with Gasteiger partial charge < -0.3 is 4.57 Å². The Balaban J connectivity index is 1.98. The van der Waals surface area contributed by atoms with Crippen LogP contribution in [0.5, 0.6) is 0 Å². The molecule has 0 spiro atoms. The number of hydrogen-bond acceptors (Lipinski definition) is 1. The Labute approximate surface area is 120 Å². The van der Waals surface area contributed by atoms with Gasteiger partial charge >= 0.3 is 0 Å². The molecule has 20 heavy (non-hydrogen) atoms. The van der Waals surface area contributed by atoms with E-state index in [-0.39, 0.29) is 5.41 Å². The second-order valence-corrected chi connectivity index (χ2v) is 5.90. The van der Waals surface area contributed by atoms with Crippen molar-refractivity contribution in [2.24, 2.45) is 0 Å². The highest BCUT2D eigenvalue weighted by molar-refractivity contribution is 5.43. The van der Waals surface area contributed by atoms with Gasteiger partial charge in [-0.15, -0.1) is 0 Å². The van der Waals surface area contributed by atoms with E-state index in [0.29, 0.717) is 0 Å². The minimum absolute atomic E-state index is 0.237. The zero-order valence-electron chi connectivity index (χ0n) is 12.2. The molecule has 0 amide bonds. The van der Waals surface area contributed by atoms with Gasteiger partial charge in [0, 0.05) is 17.1 Å². The molecule has 0 atom stereocenters. The molecule has 1 aliphatic carbocycles. The van der Waals surface area contributed by atoms with Gasteiger partial charge in [0.25, 0.3) is 0 Å². The molecule has 1 saturated carbocycles. The molecule has 3 rings (SSSR count). The molecule has 1 aromatic heterocycles. The lowest BCUT2D eigenvalue weighted by Crippen LogP contribution is -2.19. The van der Waals surface area contributed by atoms with Crippen molar-refractivity contribution in [2.75, 3.05) is 0 Å². The number of rotatable bonds is 2. The summed E-state index contributed by atoms with van der Waals surface area (Å²) >= 11 is 0. The zero-order chi connectivity index (χ0) is 14.2. The standard InChI is InChI=1S/C18H20N2/c1-14-5-6-15(2)20(14)17-9-7-16(8-10-17)18(13-19)11-3-4-12-18/h5-10H,3-4,11-12H2,1-2H3. The second-order valence-electron chi connectivity index (χ2n) is 5.90. The quantitative estimate of drug-likeness (QED) is 0.788. The Hall–Kier alpha value is -2.01. The van der Waals surface area contributed by atoms with Gasteiger partial charge in [-0.2, -0.15) is 5.26 Å². The van der Waals surface area contributed by atoms with Crippen molar-refractivity contribution in [3.05, 3.63) is 53.3 Å². The van der Waals surface area contributed by atoms with Gasteiger partial charge in [0.2, 0.25) is 0 Å². The predicted octanol–water partition coefficient (Wildman–Crippen LogP) is 4.43. The first-order chi connectivity index (χ1) is 9.66. The Kier molecular flexibility index (Phi) is 3.14. The van der Waals surface area contributed by atoms with E-state index in [4.69, 9.17) is 0 Å². The first kappa shape index (κ1) is 13.0. The molecule has 0 bridgehead atoms. The molecule has 0 saturated heterocycles. The average molecular weight is 264 g/mol. The number of benzene rings is 1. The summed E-state index contributed by atoms with van der Waals surface area (Å²) in [5.74, 6) is 0. The summed E-state index contributed by atoms with van der Waals surface area (Å²) in [4.78, 5) is 0. The first-order valence-corrected chi connectivity index (χ1v) is 7.33. The molecular formula is C18H20N2. The summed E-state index contributed by atoms with van der Waals surface area (Å²) < 4.78 is 2.25. The molecule has 0 radical (unpaired) electrons. The van der Waals surface area contributed by atoms with E-state index in [1.807, 2.05) is 0 Å². The molecule has 1 fully saturated rings. The van der Waals surface area contributed by atoms with Crippen LogP contribution in [0, 0.1) is 25.2 Å². The van der Waals surface area contributed by atoms with E-state index < -0.39 is 0 Å². The van der Waals surface area contributed by atoms with Crippen molar-refractivity contribution in [1.29, 1.82) is 5.26 Å². The largest absolute Gasteiger partial charge is 0.319 e. The Morgan fingerprint density at radius 1 is 0.950 bits per heavy atom. The van der Waals surface area contributed by atoms with Crippen molar-refractivity contribution in [3.63, 3.8) is 0 Å². The zero-order valence-corrected chi connectivity index (χ0v) is 12.2. The van der Waals surface area contributed by atoms with Crippen molar-refractivity contribution >= 4 is 0 Å². The fraction of sp³-hybridized carbons (Fsp3) is 0.389. The number of nitrogens with zero attached hydrogens (tertiary/aromatic N) is 2. The molecule has 0 unspecified atom stereocenters. The molecule has 1 heterocycles. The van der Waals surface area contributed by atoms with Crippen LogP contribution in [0.2, 0.25) is 0 Å². The van der Waals surface area contributed by atoms with Crippen LogP contribution in [0.3, 0.4) is 0 Å². The molecule has 2 heteroatoms. The SMILES string of the molecule is Cc1ccc(C)n1-c1ccc(C2(C#N)CCCC2)cc1. The number of nitriles is 1. The van der Waals surface area contributed by atoms with Crippen molar-refractivity contribution < 1.29 is 0 Å². The lowest BCUT2D eigenvalue weighted by Gasteiger charge is -2.21. The minimum Gasteiger partial charge on any atom is -0.319 e. The van der Waals surface area contributed by atoms with E-state index in [0.717, 1.165) is 12.8 Å². The topological polar surface area (TPSA) is 28.7 Å². The monoisotopic (exact) mass is 264 g/mol. The summed E-state index contributed by atoms with van der Waals surface area (Å²) in [5, 5.41) is 9.56. The fourth-order valence-corrected chi connectivity index (χ4v) is 3.45. The van der Waals surface area contributed by atoms with Crippen molar-refractivity contribution in [3.8, 4) is 11.8 Å². The van der Waals surface area contributed by atoms with Crippen molar-refractivity contribution in [1.82, 2.24) is 4.57 Å². The van der Waals surface area contributed by atoms with Crippen LogP contribution in [-0.2, 0) is 5.41 Å². The van der Waals surface area contributed by atoms with Crippen LogP contribution in [0.25, 0.3) is 5.69 Å². The summed E-state index contributed by atoms with van der Waals surface area (Å²) in [6.45, 7) is 4.24. The third kappa shape index (κ3) is 1.94. The van der Waals surface area contributed by atoms with Crippen LogP contribution in [0.4, 0.5) is 0 Å². The number of aryl methyl sites for hydroxylation is 2. The van der Waals surface area contributed by atoms with Gasteiger partial charge in [0.1, 0.15) is 0 Å². The van der Waals surface area contributed by atoms with E-state index >= 15 is 0 Å². The highest BCUT2D eigenvalue weighted by Gasteiger charge is 2.35. The third-order valence-corrected chi connectivity index (χ3v) is 4.62. The van der Waals surface area contributed by atoms with Crippen LogP contribution >= 0.6 is 0 Å². The Bertz CT molecular complexity index is 630. The molecule has 2 aromatic rings. The van der Waals surface area contributed by atoms with Gasteiger partial charge in [0.05, 0.1) is 11.5 Å². The molecule has 0 aliphatic heterocycles. The normalized spacial score (nSPS) is 17.1. The number of hydrogen-bond donors (Lipinski definition) is 0. The summed E-state index contributed by atoms with van der Waals surface area (Å²) in [5.41, 5.74) is 4.61. The molecule has 1 aliphatic rings. The van der Waals surface area contributed by atoms with Crippen LogP contribution in [-0.4, -0.2) is 4.57 Å². The molecular weight excluding hydrogens is 244 g/mol. The van der Waals surface area contributed by atoms with Crippen molar-refractivity contribution in [2.45, 2.75) is 44.9 Å². The van der Waals surface area contributed by atoms with Crippen LogP contribution < -0.4 is 0 Å². The Morgan fingerprint density at radius 3 is 2.00 bits per heavy atom. The van der Waals surface area contributed by atoms with Crippen LogP contribution in [0.15, 0.2) is 36.4 Å². The lowest BCUT2D eigenvalue weighted by molar-refractivity contribution is 0.573. The maximum Gasteiger partial charge on any atom is 0.0822 e. The van der Waals surface area contributed by atoms with Crippen LogP contribution in [0.1, 0.15) is 42.6 Å². The van der Waals surface area contributed by atoms with Gasteiger partial charge in [-0.3, -0.25) is 0 Å². The molecule has 0 N–H and O–H groups in total. The second kappa shape index (κ2) is 4.83. The predicted molar refractivity (Wildman–Crippen MR) is 81.0 cm³/mol.